The summed E-state index contributed by atoms with van der Waals surface area (Å²) in [5, 5.41) is 27.8. The van der Waals surface area contributed by atoms with Gasteiger partial charge in [0.2, 0.25) is 17.6 Å². The molecule has 372 valence electrons. The number of aromatic nitrogens is 2. The summed E-state index contributed by atoms with van der Waals surface area (Å²) in [5.74, 6) is 1.96. The molecular weight excluding hydrogens is 927 g/mol. The molecule has 4 aromatic carbocycles. The van der Waals surface area contributed by atoms with Gasteiger partial charge in [-0.05, 0) is 119 Å². The van der Waals surface area contributed by atoms with Gasteiger partial charge in [0.15, 0.2) is 11.5 Å². The van der Waals surface area contributed by atoms with Gasteiger partial charge >= 0.3 is 0 Å². The molecule has 15 heteroatoms. The van der Waals surface area contributed by atoms with Crippen molar-refractivity contribution >= 4 is 28.9 Å². The van der Waals surface area contributed by atoms with Crippen LogP contribution < -0.4 is 29.6 Å². The van der Waals surface area contributed by atoms with E-state index >= 15 is 0 Å². The summed E-state index contributed by atoms with van der Waals surface area (Å²) >= 11 is 1.39. The van der Waals surface area contributed by atoms with E-state index in [1.54, 1.807) is 55.7 Å². The number of ketones is 1. The van der Waals surface area contributed by atoms with Gasteiger partial charge in [0.25, 0.3) is 0 Å². The summed E-state index contributed by atoms with van der Waals surface area (Å²) in [6.45, 7) is 7.97. The summed E-state index contributed by atoms with van der Waals surface area (Å²) < 4.78 is 26.3. The third kappa shape index (κ3) is 12.0. The number of ether oxygens (including phenoxy) is 4. The Kier molecular flexibility index (Phi) is 17.0. The zero-order valence-corrected chi connectivity index (χ0v) is 42.1. The van der Waals surface area contributed by atoms with E-state index in [0.717, 1.165) is 78.0 Å². The zero-order valence-electron chi connectivity index (χ0n) is 41.3. The van der Waals surface area contributed by atoms with Crippen LogP contribution in [0.25, 0.3) is 11.1 Å². The molecule has 0 radical (unpaired) electrons. The molecule has 1 saturated carbocycles. The molecule has 0 bridgehead atoms. The number of amides is 2. The first-order chi connectivity index (χ1) is 35.1. The number of nitriles is 2. The van der Waals surface area contributed by atoms with E-state index in [0.29, 0.717) is 65.1 Å². The fraction of sp³-hybridized carbons (Fsp3) is 0.368. The van der Waals surface area contributed by atoms with Gasteiger partial charge in [0.1, 0.15) is 60.7 Å². The molecule has 1 saturated heterocycles. The van der Waals surface area contributed by atoms with Crippen molar-refractivity contribution in [3.8, 4) is 46.3 Å². The molecule has 3 heterocycles. The van der Waals surface area contributed by atoms with Crippen LogP contribution >= 0.6 is 11.3 Å². The van der Waals surface area contributed by atoms with Gasteiger partial charge in [-0.3, -0.25) is 14.4 Å². The minimum Gasteiger partial charge on any atom is -0.490 e. The number of nitrogens with zero attached hydrogens (tertiary/aromatic N) is 5. The van der Waals surface area contributed by atoms with Crippen LogP contribution in [0.15, 0.2) is 102 Å². The summed E-state index contributed by atoms with van der Waals surface area (Å²) in [7, 11) is 1.74. The fourth-order valence-corrected chi connectivity index (χ4v) is 10.6. The number of carbonyl (C=O) groups is 3. The number of carbonyl (C=O) groups excluding carboxylic acids is 3. The van der Waals surface area contributed by atoms with E-state index < -0.39 is 12.1 Å². The molecule has 8 rings (SSSR count). The lowest BCUT2D eigenvalue weighted by Crippen LogP contribution is -2.55. The van der Waals surface area contributed by atoms with Gasteiger partial charge < -0.3 is 39.0 Å². The molecule has 2 N–H and O–H groups in total. The number of hydrogen-bond donors (Lipinski definition) is 2. The maximum Gasteiger partial charge on any atom is 0.246 e. The minimum absolute atomic E-state index is 0.0656. The molecule has 6 aromatic rings. The molecule has 0 spiro atoms. The highest BCUT2D eigenvalue weighted by atomic mass is 32.1. The number of likely N-dealkylation sites (tertiary alicyclic amines) is 1. The van der Waals surface area contributed by atoms with Gasteiger partial charge in [-0.25, -0.2) is 4.98 Å². The highest BCUT2D eigenvalue weighted by Gasteiger charge is 2.40. The van der Waals surface area contributed by atoms with Crippen LogP contribution in [-0.2, 0) is 16.1 Å². The van der Waals surface area contributed by atoms with Crippen molar-refractivity contribution in [1.29, 1.82) is 10.5 Å². The van der Waals surface area contributed by atoms with Crippen LogP contribution in [-0.4, -0.2) is 84.2 Å². The predicted octanol–water partition coefficient (Wildman–Crippen LogP) is 9.50. The van der Waals surface area contributed by atoms with Crippen LogP contribution in [0.4, 0.5) is 0 Å². The smallest absolute Gasteiger partial charge is 0.246 e. The molecule has 1 aliphatic carbocycles. The lowest BCUT2D eigenvalue weighted by Gasteiger charge is -2.35. The first-order valence-corrected chi connectivity index (χ1v) is 25.6. The molecule has 0 unspecified atom stereocenters. The molecule has 2 aliphatic rings. The summed E-state index contributed by atoms with van der Waals surface area (Å²) in [6.07, 6.45) is 6.62. The van der Waals surface area contributed by atoms with E-state index in [-0.39, 0.29) is 49.4 Å². The van der Waals surface area contributed by atoms with Crippen LogP contribution in [0.3, 0.4) is 0 Å². The molecule has 1 aliphatic heterocycles. The Morgan fingerprint density at radius 2 is 1.46 bits per heavy atom. The van der Waals surface area contributed by atoms with Gasteiger partial charge in [-0.15, -0.1) is 11.3 Å². The highest BCUT2D eigenvalue weighted by Crippen LogP contribution is 2.37. The molecule has 14 nitrogen and oxygen atoms in total. The summed E-state index contributed by atoms with van der Waals surface area (Å²) in [4.78, 5) is 47.7. The number of nitrogens with one attached hydrogen (secondary N) is 2. The van der Waals surface area contributed by atoms with Crippen molar-refractivity contribution in [1.82, 2.24) is 25.1 Å². The Morgan fingerprint density at radius 3 is 2.12 bits per heavy atom. The van der Waals surface area contributed by atoms with E-state index in [2.05, 4.69) is 27.3 Å². The average molecular weight is 988 g/mol. The molecule has 2 amide bonds. The number of rotatable bonds is 21. The van der Waals surface area contributed by atoms with Crippen LogP contribution in [0.1, 0.15) is 107 Å². The second-order valence-electron chi connectivity index (χ2n) is 18.3. The highest BCUT2D eigenvalue weighted by molar-refractivity contribution is 7.10. The van der Waals surface area contributed by atoms with Gasteiger partial charge in [-0.2, -0.15) is 10.5 Å². The van der Waals surface area contributed by atoms with Crippen LogP contribution in [0.5, 0.6) is 23.0 Å². The van der Waals surface area contributed by atoms with Gasteiger partial charge in [0.05, 0.1) is 29.3 Å². The van der Waals surface area contributed by atoms with E-state index in [4.69, 9.17) is 23.9 Å². The van der Waals surface area contributed by atoms with Gasteiger partial charge in [0, 0.05) is 41.0 Å². The Bertz CT molecular complexity index is 2930. The third-order valence-corrected chi connectivity index (χ3v) is 14.7. The molecule has 3 atom stereocenters. The lowest BCUT2D eigenvalue weighted by molar-refractivity contribution is -0.139. The number of hydrogen-bond acceptors (Lipinski definition) is 12. The first kappa shape index (κ1) is 50.9. The van der Waals surface area contributed by atoms with Crippen molar-refractivity contribution in [3.63, 3.8) is 0 Å². The lowest BCUT2D eigenvalue weighted by atomic mass is 9.83. The number of para-hydroxylation sites is 2. The number of likely N-dealkylation sites (N-methyl/N-ethyl adjacent to an activating group) is 1. The quantitative estimate of drug-likeness (QED) is 0.0518. The maximum atomic E-state index is 14.2. The summed E-state index contributed by atoms with van der Waals surface area (Å²) in [5.41, 5.74) is 6.67. The van der Waals surface area contributed by atoms with E-state index in [9.17, 15) is 24.9 Å². The SMILES string of the molecule is CN[C@@H](C)C(=O)N[C@H](C(=O)N1CCC[C@H]1c1nc(C(=O)c2cccc(OCCOc3ccccc3OCCOc3ccc(Cn4c(C)c(C#N)c(-c5ccc(C#N)cc5)c4C)cc3)c2)cs1)C1CCCCC1. The second-order valence-corrected chi connectivity index (χ2v) is 19.2. The molecule has 72 heavy (non-hydrogen) atoms. The minimum atomic E-state index is -0.591. The first-order valence-electron chi connectivity index (χ1n) is 24.7. The van der Waals surface area contributed by atoms with Gasteiger partial charge in [-0.1, -0.05) is 67.8 Å². The molecule has 2 fully saturated rings. The number of thiazole rings is 1. The van der Waals surface area contributed by atoms with Crippen molar-refractivity contribution < 1.29 is 33.3 Å². The maximum absolute atomic E-state index is 14.2. The standard InChI is InChI=1S/C57H61N7O7S/c1-37(60-4)55(66)62-53(43-12-6-5-7-13-43)57(67)63-27-11-16-49(63)56-61-48(36-72-56)54(65)44-14-10-15-46(32-44)69-29-31-71-51-18-9-8-17-50(51)70-30-28-68-45-25-21-41(22-26-45)35-64-38(2)47(34-59)52(39(64)3)42-23-19-40(33-58)20-24-42/h8-10,14-15,17-26,32,36-37,43,49,53,60H,5-7,11-13,16,27-31,35H2,1-4H3,(H,62,66)/t37-,49-,53-/m0/s1. The second kappa shape index (κ2) is 24.1. The van der Waals surface area contributed by atoms with Crippen LogP contribution in [0, 0.1) is 42.4 Å². The van der Waals surface area contributed by atoms with Crippen molar-refractivity contribution in [3.05, 3.63) is 147 Å². The van der Waals surface area contributed by atoms with Crippen molar-refractivity contribution in [2.24, 2.45) is 5.92 Å². The Labute approximate surface area is 425 Å². The molecular formula is C57H61N7O7S. The largest absolute Gasteiger partial charge is 0.490 e. The van der Waals surface area contributed by atoms with Crippen molar-refractivity contribution in [2.75, 3.05) is 40.0 Å². The predicted molar refractivity (Wildman–Crippen MR) is 275 cm³/mol. The summed E-state index contributed by atoms with van der Waals surface area (Å²) in [6, 6.07) is 32.9. The van der Waals surface area contributed by atoms with E-state index in [1.807, 2.05) is 79.4 Å². The number of benzene rings is 4. The Morgan fingerprint density at radius 1 is 0.778 bits per heavy atom. The third-order valence-electron chi connectivity index (χ3n) is 13.7. The fourth-order valence-electron chi connectivity index (χ4n) is 9.65. The van der Waals surface area contributed by atoms with Crippen molar-refractivity contribution in [2.45, 2.75) is 90.4 Å². The molecule has 2 aromatic heterocycles. The van der Waals surface area contributed by atoms with Crippen LogP contribution in [0.2, 0.25) is 0 Å². The topological polar surface area (TPSA) is 181 Å². The van der Waals surface area contributed by atoms with E-state index in [1.165, 1.54) is 11.3 Å². The average Bonchev–Trinajstić information content (AvgIpc) is 4.17. The zero-order chi connectivity index (χ0) is 50.6. The monoisotopic (exact) mass is 987 g/mol. The Balaban J connectivity index is 0.797. The Hall–Kier alpha value is -7.46. The normalized spacial score (nSPS) is 15.5.